The summed E-state index contributed by atoms with van der Waals surface area (Å²) in [6, 6.07) is 4.03. The van der Waals surface area contributed by atoms with Gasteiger partial charge in [-0.05, 0) is 18.6 Å². The maximum atomic E-state index is 11.7. The first kappa shape index (κ1) is 21.8. The number of benzene rings is 1. The monoisotopic (exact) mass is 365 g/mol. The number of carboxylic acid groups (broad SMARTS) is 1. The number of carboxylic acids is 1. The third-order valence-corrected chi connectivity index (χ3v) is 4.15. The normalized spacial score (nSPS) is 10.5. The summed E-state index contributed by atoms with van der Waals surface area (Å²) in [7, 11) is 0. The van der Waals surface area contributed by atoms with Crippen molar-refractivity contribution >= 4 is 17.8 Å². The molecule has 0 aliphatic heterocycles. The van der Waals surface area contributed by atoms with E-state index in [1.165, 1.54) is 63.1 Å². The van der Waals surface area contributed by atoms with Crippen LogP contribution in [0.4, 0.5) is 10.5 Å². The summed E-state index contributed by atoms with van der Waals surface area (Å²) >= 11 is 0. The van der Waals surface area contributed by atoms with Crippen molar-refractivity contribution < 1.29 is 24.2 Å². The van der Waals surface area contributed by atoms with Crippen molar-refractivity contribution in [2.24, 2.45) is 0 Å². The molecule has 1 rings (SSSR count). The van der Waals surface area contributed by atoms with Crippen molar-refractivity contribution in [3.63, 3.8) is 0 Å². The Hall–Kier alpha value is -2.24. The van der Waals surface area contributed by atoms with Crippen LogP contribution in [0.5, 0.6) is 5.75 Å². The molecule has 0 amide bonds. The molecule has 0 bridgehead atoms. The van der Waals surface area contributed by atoms with Gasteiger partial charge in [-0.15, -0.1) is 0 Å². The Morgan fingerprint density at radius 1 is 0.962 bits per heavy atom. The highest BCUT2D eigenvalue weighted by molar-refractivity contribution is 5.92. The second-order valence-corrected chi connectivity index (χ2v) is 6.44. The Bertz CT molecular complexity index is 559. The highest BCUT2D eigenvalue weighted by Gasteiger charge is 2.15. The van der Waals surface area contributed by atoms with E-state index in [1.807, 2.05) is 0 Å². The molecule has 0 atom stereocenters. The Morgan fingerprint density at radius 2 is 1.54 bits per heavy atom. The number of carbonyl (C=O) groups excluding carboxylic acids is 1. The molecule has 0 radical (unpaired) electrons. The van der Waals surface area contributed by atoms with Crippen LogP contribution in [-0.2, 0) is 4.74 Å². The van der Waals surface area contributed by atoms with Crippen molar-refractivity contribution in [3.8, 4) is 5.75 Å². The first-order valence-corrected chi connectivity index (χ1v) is 9.52. The molecule has 146 valence electrons. The first-order valence-electron chi connectivity index (χ1n) is 9.52. The summed E-state index contributed by atoms with van der Waals surface area (Å²) < 4.78 is 9.96. The molecule has 0 aromatic heterocycles. The van der Waals surface area contributed by atoms with E-state index >= 15 is 0 Å². The maximum Gasteiger partial charge on any atom is 0.513 e. The molecule has 0 aliphatic rings. The number of anilines is 1. The third kappa shape index (κ3) is 9.30. The van der Waals surface area contributed by atoms with Gasteiger partial charge >= 0.3 is 12.1 Å². The van der Waals surface area contributed by atoms with Crippen LogP contribution in [-0.4, -0.2) is 23.8 Å². The highest BCUT2D eigenvalue weighted by Crippen LogP contribution is 2.22. The molecule has 26 heavy (non-hydrogen) atoms. The molecule has 6 heteroatoms. The predicted octanol–water partition coefficient (Wildman–Crippen LogP) is 5.40. The third-order valence-electron chi connectivity index (χ3n) is 4.15. The van der Waals surface area contributed by atoms with Crippen LogP contribution in [0.15, 0.2) is 18.2 Å². The van der Waals surface area contributed by atoms with Gasteiger partial charge in [0.25, 0.3) is 0 Å². The largest absolute Gasteiger partial charge is 0.513 e. The lowest BCUT2D eigenvalue weighted by Crippen LogP contribution is -2.14. The standard InChI is InChI=1S/C20H31NO5/c1-2-3-4-5-6-7-8-9-10-11-14-25-20(24)26-18-15-16(21)12-13-17(18)19(22)23/h12-13,15H,2-11,14,21H2,1H3,(H,22,23). The van der Waals surface area contributed by atoms with E-state index in [0.717, 1.165) is 19.3 Å². The maximum absolute atomic E-state index is 11.7. The zero-order chi connectivity index (χ0) is 19.2. The fourth-order valence-electron chi connectivity index (χ4n) is 2.66. The Balaban J connectivity index is 2.13. The number of rotatable bonds is 13. The van der Waals surface area contributed by atoms with E-state index in [0.29, 0.717) is 5.69 Å². The van der Waals surface area contributed by atoms with Gasteiger partial charge in [0.1, 0.15) is 5.56 Å². The summed E-state index contributed by atoms with van der Waals surface area (Å²) in [5.74, 6) is -1.30. The molecule has 0 heterocycles. The number of ether oxygens (including phenoxy) is 2. The molecule has 0 unspecified atom stereocenters. The number of hydrogen-bond donors (Lipinski definition) is 2. The second-order valence-electron chi connectivity index (χ2n) is 6.44. The van der Waals surface area contributed by atoms with Crippen molar-refractivity contribution in [1.29, 1.82) is 0 Å². The number of unbranched alkanes of at least 4 members (excludes halogenated alkanes) is 9. The van der Waals surface area contributed by atoms with Crippen molar-refractivity contribution in [1.82, 2.24) is 0 Å². The summed E-state index contributed by atoms with van der Waals surface area (Å²) in [5, 5.41) is 9.07. The lowest BCUT2D eigenvalue weighted by Gasteiger charge is -2.09. The average Bonchev–Trinajstić information content (AvgIpc) is 2.59. The van der Waals surface area contributed by atoms with Gasteiger partial charge in [0.15, 0.2) is 5.75 Å². The number of nitrogen functional groups attached to an aromatic ring is 1. The number of nitrogens with two attached hydrogens (primary N) is 1. The van der Waals surface area contributed by atoms with Crippen LogP contribution in [0.25, 0.3) is 0 Å². The van der Waals surface area contributed by atoms with Gasteiger partial charge in [-0.25, -0.2) is 9.59 Å². The molecule has 1 aromatic rings. The van der Waals surface area contributed by atoms with Crippen LogP contribution >= 0.6 is 0 Å². The topological polar surface area (TPSA) is 98.9 Å². The SMILES string of the molecule is CCCCCCCCCCCCOC(=O)Oc1cc(N)ccc1C(=O)O. The highest BCUT2D eigenvalue weighted by atomic mass is 16.7. The molecule has 1 aromatic carbocycles. The van der Waals surface area contributed by atoms with E-state index in [1.54, 1.807) is 0 Å². The van der Waals surface area contributed by atoms with Gasteiger partial charge in [0.05, 0.1) is 6.61 Å². The van der Waals surface area contributed by atoms with Gasteiger partial charge in [-0.1, -0.05) is 64.7 Å². The predicted molar refractivity (Wildman–Crippen MR) is 102 cm³/mol. The molecule has 0 fully saturated rings. The summed E-state index contributed by atoms with van der Waals surface area (Å²) in [6.45, 7) is 2.48. The molecular weight excluding hydrogens is 334 g/mol. The zero-order valence-corrected chi connectivity index (χ0v) is 15.7. The van der Waals surface area contributed by atoms with Crippen LogP contribution < -0.4 is 10.5 Å². The van der Waals surface area contributed by atoms with E-state index in [4.69, 9.17) is 20.3 Å². The minimum Gasteiger partial charge on any atom is -0.478 e. The van der Waals surface area contributed by atoms with Crippen molar-refractivity contribution in [2.45, 2.75) is 71.1 Å². The molecule has 0 saturated carbocycles. The molecular formula is C20H31NO5. The van der Waals surface area contributed by atoms with E-state index in [2.05, 4.69) is 6.92 Å². The van der Waals surface area contributed by atoms with Crippen LogP contribution in [0.1, 0.15) is 81.5 Å². The molecule has 3 N–H and O–H groups in total. The molecule has 0 saturated heterocycles. The molecule has 0 aliphatic carbocycles. The second kappa shape index (κ2) is 13.0. The summed E-state index contributed by atoms with van der Waals surface area (Å²) in [4.78, 5) is 22.8. The quantitative estimate of drug-likeness (QED) is 0.210. The summed E-state index contributed by atoms with van der Waals surface area (Å²) in [6.07, 6.45) is 11.0. The van der Waals surface area contributed by atoms with Gasteiger partial charge in [0, 0.05) is 11.8 Å². The summed E-state index contributed by atoms with van der Waals surface area (Å²) in [5.41, 5.74) is 5.77. The average molecular weight is 365 g/mol. The van der Waals surface area contributed by atoms with Crippen LogP contribution in [0.3, 0.4) is 0 Å². The fourth-order valence-corrected chi connectivity index (χ4v) is 2.66. The smallest absolute Gasteiger partial charge is 0.478 e. The number of carbonyl (C=O) groups is 2. The molecule has 0 spiro atoms. The Morgan fingerprint density at radius 3 is 2.12 bits per heavy atom. The zero-order valence-electron chi connectivity index (χ0n) is 15.7. The Kier molecular flexibility index (Phi) is 10.9. The van der Waals surface area contributed by atoms with Crippen molar-refractivity contribution in [2.75, 3.05) is 12.3 Å². The Labute approximate surface area is 155 Å². The van der Waals surface area contributed by atoms with Crippen LogP contribution in [0, 0.1) is 0 Å². The minimum absolute atomic E-state index is 0.106. The van der Waals surface area contributed by atoms with Crippen molar-refractivity contribution in [3.05, 3.63) is 23.8 Å². The first-order chi connectivity index (χ1) is 12.5. The number of aromatic carboxylic acids is 1. The lowest BCUT2D eigenvalue weighted by molar-refractivity contribution is 0.0689. The van der Waals surface area contributed by atoms with Crippen LogP contribution in [0.2, 0.25) is 0 Å². The van der Waals surface area contributed by atoms with Gasteiger partial charge in [-0.2, -0.15) is 0 Å². The number of hydrogen-bond acceptors (Lipinski definition) is 5. The van der Waals surface area contributed by atoms with E-state index in [9.17, 15) is 9.59 Å². The lowest BCUT2D eigenvalue weighted by atomic mass is 10.1. The molecule has 6 nitrogen and oxygen atoms in total. The van der Waals surface area contributed by atoms with Gasteiger partial charge in [0.2, 0.25) is 0 Å². The minimum atomic E-state index is -1.19. The van der Waals surface area contributed by atoms with Gasteiger partial charge < -0.3 is 20.3 Å². The van der Waals surface area contributed by atoms with Gasteiger partial charge in [-0.3, -0.25) is 0 Å². The fraction of sp³-hybridized carbons (Fsp3) is 0.600. The van der Waals surface area contributed by atoms with E-state index in [-0.39, 0.29) is 17.9 Å². The van der Waals surface area contributed by atoms with E-state index < -0.39 is 12.1 Å².